The summed E-state index contributed by atoms with van der Waals surface area (Å²) in [7, 11) is 0. The van der Waals surface area contributed by atoms with Crippen LogP contribution in [0.1, 0.15) is 5.56 Å². The molecular weight excluding hydrogens is 379 g/mol. The molecule has 0 fully saturated rings. The summed E-state index contributed by atoms with van der Waals surface area (Å²) in [5, 5.41) is 14.3. The van der Waals surface area contributed by atoms with Gasteiger partial charge in [-0.2, -0.15) is 5.26 Å². The molecule has 1 aromatic carbocycles. The summed E-state index contributed by atoms with van der Waals surface area (Å²) in [6.45, 7) is 0.539. The summed E-state index contributed by atoms with van der Waals surface area (Å²) in [6.07, 6.45) is 1.46. The van der Waals surface area contributed by atoms with Gasteiger partial charge in [-0.15, -0.1) is 0 Å². The number of ether oxygens (including phenoxy) is 1. The van der Waals surface area contributed by atoms with Crippen LogP contribution in [0.2, 0.25) is 0 Å². The van der Waals surface area contributed by atoms with E-state index in [2.05, 4.69) is 31.5 Å². The van der Waals surface area contributed by atoms with Crippen LogP contribution in [0.3, 0.4) is 0 Å². The second-order valence-corrected chi connectivity index (χ2v) is 5.60. The second-order valence-electron chi connectivity index (χ2n) is 4.68. The Labute approximate surface area is 146 Å². The Morgan fingerprint density at radius 2 is 2.17 bits per heavy atom. The van der Waals surface area contributed by atoms with Crippen molar-refractivity contribution < 1.29 is 13.9 Å². The van der Waals surface area contributed by atoms with Crippen LogP contribution in [0.15, 0.2) is 41.0 Å². The highest BCUT2D eigenvalue weighted by Crippen LogP contribution is 2.21. The van der Waals surface area contributed by atoms with Gasteiger partial charge < -0.3 is 15.4 Å². The fourth-order valence-electron chi connectivity index (χ4n) is 1.74. The van der Waals surface area contributed by atoms with Gasteiger partial charge in [0, 0.05) is 23.8 Å². The highest BCUT2D eigenvalue weighted by molar-refractivity contribution is 9.10. The third-order valence-corrected chi connectivity index (χ3v) is 3.39. The number of nitriles is 1. The summed E-state index contributed by atoms with van der Waals surface area (Å²) in [5.74, 6) is -0.262. The molecule has 1 amide bonds. The maximum absolute atomic E-state index is 13.5. The van der Waals surface area contributed by atoms with E-state index in [4.69, 9.17) is 10.00 Å². The smallest absolute Gasteiger partial charge is 0.258 e. The molecule has 0 saturated carbocycles. The molecule has 24 heavy (non-hydrogen) atoms. The molecule has 0 aliphatic heterocycles. The minimum Gasteiger partial charge on any atom is -0.481 e. The molecule has 0 unspecified atom stereocenters. The molecule has 0 atom stereocenters. The van der Waals surface area contributed by atoms with Gasteiger partial charge in [0.05, 0.1) is 5.56 Å². The topological polar surface area (TPSA) is 87.0 Å². The fourth-order valence-corrected chi connectivity index (χ4v) is 2.08. The van der Waals surface area contributed by atoms with Crippen LogP contribution < -0.4 is 15.4 Å². The van der Waals surface area contributed by atoms with Crippen LogP contribution >= 0.6 is 15.9 Å². The van der Waals surface area contributed by atoms with E-state index in [9.17, 15) is 9.18 Å². The Balaban J connectivity index is 1.66. The molecule has 2 aromatic rings. The normalized spacial score (nSPS) is 9.88. The average molecular weight is 393 g/mol. The Bertz CT molecular complexity index is 747. The van der Waals surface area contributed by atoms with Crippen LogP contribution in [0, 0.1) is 17.1 Å². The molecule has 124 valence electrons. The number of hydrogen-bond donors (Lipinski definition) is 2. The number of nitrogens with one attached hydrogen (secondary N) is 2. The van der Waals surface area contributed by atoms with E-state index >= 15 is 0 Å². The SMILES string of the molecule is N#Cc1ccc(NCCNC(=O)COc2ccc(Br)cc2F)nc1. The maximum atomic E-state index is 13.5. The van der Waals surface area contributed by atoms with Crippen LogP contribution in [-0.4, -0.2) is 30.6 Å². The van der Waals surface area contributed by atoms with Gasteiger partial charge in [0.25, 0.3) is 5.91 Å². The highest BCUT2D eigenvalue weighted by Gasteiger charge is 2.07. The number of hydrogen-bond acceptors (Lipinski definition) is 5. The van der Waals surface area contributed by atoms with Gasteiger partial charge in [-0.05, 0) is 30.3 Å². The molecule has 0 spiro atoms. The lowest BCUT2D eigenvalue weighted by molar-refractivity contribution is -0.123. The lowest BCUT2D eigenvalue weighted by Crippen LogP contribution is -2.32. The molecule has 0 bridgehead atoms. The fraction of sp³-hybridized carbons (Fsp3) is 0.188. The van der Waals surface area contributed by atoms with Gasteiger partial charge in [0.15, 0.2) is 18.2 Å². The maximum Gasteiger partial charge on any atom is 0.258 e. The molecule has 2 N–H and O–H groups in total. The molecular formula is C16H14BrFN4O2. The molecule has 2 rings (SSSR count). The third kappa shape index (κ3) is 5.52. The predicted molar refractivity (Wildman–Crippen MR) is 90.0 cm³/mol. The molecule has 0 aliphatic rings. The number of aromatic nitrogens is 1. The van der Waals surface area contributed by atoms with Gasteiger partial charge in [0.1, 0.15) is 11.9 Å². The van der Waals surface area contributed by atoms with Crippen LogP contribution in [-0.2, 0) is 4.79 Å². The van der Waals surface area contributed by atoms with Gasteiger partial charge >= 0.3 is 0 Å². The standard InChI is InChI=1S/C16H14BrFN4O2/c17-12-2-3-14(13(18)7-12)24-10-16(23)21-6-5-20-15-4-1-11(8-19)9-22-15/h1-4,7,9H,5-6,10H2,(H,20,22)(H,21,23). The van der Waals surface area contributed by atoms with Crippen molar-refractivity contribution >= 4 is 27.7 Å². The van der Waals surface area contributed by atoms with Crippen molar-refractivity contribution in [1.29, 1.82) is 5.26 Å². The number of pyridine rings is 1. The Morgan fingerprint density at radius 3 is 2.83 bits per heavy atom. The van der Waals surface area contributed by atoms with Gasteiger partial charge in [0.2, 0.25) is 0 Å². The molecule has 1 aromatic heterocycles. The monoisotopic (exact) mass is 392 g/mol. The first-order valence-electron chi connectivity index (χ1n) is 7.03. The van der Waals surface area contributed by atoms with Gasteiger partial charge in [-0.3, -0.25) is 4.79 Å². The zero-order chi connectivity index (χ0) is 17.4. The number of carbonyl (C=O) groups excluding carboxylic acids is 1. The number of carbonyl (C=O) groups is 1. The number of amides is 1. The molecule has 1 heterocycles. The predicted octanol–water partition coefficient (Wildman–Crippen LogP) is 2.46. The van der Waals surface area contributed by atoms with Crippen LogP contribution in [0.25, 0.3) is 0 Å². The van der Waals surface area contributed by atoms with E-state index in [1.807, 2.05) is 6.07 Å². The van der Waals surface area contributed by atoms with Crippen molar-refractivity contribution in [2.45, 2.75) is 0 Å². The Hall–Kier alpha value is -2.66. The van der Waals surface area contributed by atoms with Crippen LogP contribution in [0.4, 0.5) is 10.2 Å². The van der Waals surface area contributed by atoms with Crippen molar-refractivity contribution in [1.82, 2.24) is 10.3 Å². The van der Waals surface area contributed by atoms with E-state index < -0.39 is 5.82 Å². The van der Waals surface area contributed by atoms with E-state index in [1.165, 1.54) is 18.3 Å². The van der Waals surface area contributed by atoms with E-state index in [0.717, 1.165) is 0 Å². The average Bonchev–Trinajstić information content (AvgIpc) is 2.58. The van der Waals surface area contributed by atoms with E-state index in [-0.39, 0.29) is 18.3 Å². The summed E-state index contributed by atoms with van der Waals surface area (Å²) >= 11 is 3.14. The molecule has 0 aliphatic carbocycles. The van der Waals surface area contributed by atoms with Crippen molar-refractivity contribution in [3.05, 3.63) is 52.4 Å². The minimum absolute atomic E-state index is 0.0215. The van der Waals surface area contributed by atoms with E-state index in [1.54, 1.807) is 18.2 Å². The van der Waals surface area contributed by atoms with Crippen LogP contribution in [0.5, 0.6) is 5.75 Å². The lowest BCUT2D eigenvalue weighted by atomic mass is 10.3. The first-order valence-corrected chi connectivity index (χ1v) is 7.82. The molecule has 0 radical (unpaired) electrons. The van der Waals surface area contributed by atoms with E-state index in [0.29, 0.717) is 28.9 Å². The number of benzene rings is 1. The third-order valence-electron chi connectivity index (χ3n) is 2.90. The van der Waals surface area contributed by atoms with Gasteiger partial charge in [-0.1, -0.05) is 15.9 Å². The number of anilines is 1. The first kappa shape index (κ1) is 17.7. The Morgan fingerprint density at radius 1 is 1.33 bits per heavy atom. The van der Waals surface area contributed by atoms with Gasteiger partial charge in [-0.25, -0.2) is 9.37 Å². The first-order chi connectivity index (χ1) is 11.6. The number of halogens is 2. The summed E-state index contributed by atoms with van der Waals surface area (Å²) in [4.78, 5) is 15.7. The zero-order valence-electron chi connectivity index (χ0n) is 12.6. The highest BCUT2D eigenvalue weighted by atomic mass is 79.9. The lowest BCUT2D eigenvalue weighted by Gasteiger charge is -2.09. The van der Waals surface area contributed by atoms with Crippen molar-refractivity contribution in [3.8, 4) is 11.8 Å². The van der Waals surface area contributed by atoms with Crippen molar-refractivity contribution in [3.63, 3.8) is 0 Å². The Kier molecular flexibility index (Phi) is 6.51. The summed E-state index contributed by atoms with van der Waals surface area (Å²) < 4.78 is 19.2. The summed E-state index contributed by atoms with van der Waals surface area (Å²) in [6, 6.07) is 9.65. The summed E-state index contributed by atoms with van der Waals surface area (Å²) in [5.41, 5.74) is 0.478. The van der Waals surface area contributed by atoms with Crippen molar-refractivity contribution in [2.24, 2.45) is 0 Å². The molecule has 8 heteroatoms. The number of nitrogens with zero attached hydrogens (tertiary/aromatic N) is 2. The molecule has 0 saturated heterocycles. The zero-order valence-corrected chi connectivity index (χ0v) is 14.1. The number of rotatable bonds is 7. The largest absolute Gasteiger partial charge is 0.481 e. The molecule has 6 nitrogen and oxygen atoms in total. The minimum atomic E-state index is -0.536. The quantitative estimate of drug-likeness (QED) is 0.706. The second kappa shape index (κ2) is 8.84. The van der Waals surface area contributed by atoms with Crippen molar-refractivity contribution in [2.75, 3.05) is 25.0 Å².